The van der Waals surface area contributed by atoms with Crippen LogP contribution in [0, 0.1) is 6.92 Å². The third-order valence-corrected chi connectivity index (χ3v) is 5.06. The first-order valence-corrected chi connectivity index (χ1v) is 9.42. The molecule has 0 spiro atoms. The Hall–Kier alpha value is -3.55. The van der Waals surface area contributed by atoms with Crippen molar-refractivity contribution in [1.29, 1.82) is 0 Å². The minimum Gasteiger partial charge on any atom is -0.496 e. The Morgan fingerprint density at radius 1 is 1.28 bits per heavy atom. The number of para-hydroxylation sites is 1. The van der Waals surface area contributed by atoms with Crippen LogP contribution in [-0.2, 0) is 11.3 Å². The van der Waals surface area contributed by atoms with Crippen molar-refractivity contribution in [3.05, 3.63) is 64.4 Å². The zero-order chi connectivity index (χ0) is 20.5. The Morgan fingerprint density at radius 3 is 2.83 bits per heavy atom. The van der Waals surface area contributed by atoms with Crippen LogP contribution < -0.4 is 15.6 Å². The van der Waals surface area contributed by atoms with Gasteiger partial charge in [-0.05, 0) is 19.4 Å². The molecule has 0 aliphatic carbocycles. The van der Waals surface area contributed by atoms with Crippen molar-refractivity contribution in [2.75, 3.05) is 7.11 Å². The van der Waals surface area contributed by atoms with E-state index in [0.29, 0.717) is 35.6 Å². The zero-order valence-electron chi connectivity index (χ0n) is 16.5. The van der Waals surface area contributed by atoms with Gasteiger partial charge in [0.2, 0.25) is 5.91 Å². The SMILES string of the molecule is CC[C@H](C(=O)NCc1ccccc1OC)n1nc(C)n2c(cc3occc32)c1=O. The molecule has 150 valence electrons. The summed E-state index contributed by atoms with van der Waals surface area (Å²) in [7, 11) is 1.59. The van der Waals surface area contributed by atoms with Crippen molar-refractivity contribution in [2.45, 2.75) is 32.9 Å². The normalized spacial score (nSPS) is 12.4. The molecule has 0 saturated heterocycles. The van der Waals surface area contributed by atoms with Gasteiger partial charge >= 0.3 is 0 Å². The van der Waals surface area contributed by atoms with Crippen molar-refractivity contribution < 1.29 is 13.9 Å². The summed E-state index contributed by atoms with van der Waals surface area (Å²) in [4.78, 5) is 26.0. The van der Waals surface area contributed by atoms with Gasteiger partial charge in [0, 0.05) is 24.2 Å². The fourth-order valence-corrected chi connectivity index (χ4v) is 3.62. The van der Waals surface area contributed by atoms with E-state index < -0.39 is 6.04 Å². The fourth-order valence-electron chi connectivity index (χ4n) is 3.62. The maximum Gasteiger partial charge on any atom is 0.291 e. The first kappa shape index (κ1) is 18.8. The molecule has 3 heterocycles. The van der Waals surface area contributed by atoms with Crippen LogP contribution in [0.5, 0.6) is 5.75 Å². The molecular formula is C21H22N4O4. The van der Waals surface area contributed by atoms with E-state index >= 15 is 0 Å². The highest BCUT2D eigenvalue weighted by Crippen LogP contribution is 2.21. The highest BCUT2D eigenvalue weighted by Gasteiger charge is 2.24. The second kappa shape index (κ2) is 7.46. The molecule has 4 aromatic rings. The fraction of sp³-hybridized carbons (Fsp3) is 0.286. The first-order chi connectivity index (χ1) is 14.0. The number of fused-ring (bicyclic) bond motifs is 3. The van der Waals surface area contributed by atoms with Crippen LogP contribution in [0.15, 0.2) is 51.9 Å². The van der Waals surface area contributed by atoms with Crippen LogP contribution in [0.3, 0.4) is 0 Å². The number of ether oxygens (including phenoxy) is 1. The van der Waals surface area contributed by atoms with Gasteiger partial charge in [0.1, 0.15) is 23.1 Å². The van der Waals surface area contributed by atoms with E-state index in [0.717, 1.165) is 11.1 Å². The summed E-state index contributed by atoms with van der Waals surface area (Å²) in [5.74, 6) is 1.03. The quantitative estimate of drug-likeness (QED) is 0.543. The van der Waals surface area contributed by atoms with Gasteiger partial charge in [-0.2, -0.15) is 5.10 Å². The molecular weight excluding hydrogens is 372 g/mol. The summed E-state index contributed by atoms with van der Waals surface area (Å²) in [6, 6.07) is 10.2. The Morgan fingerprint density at radius 2 is 2.07 bits per heavy atom. The molecule has 4 rings (SSSR count). The van der Waals surface area contributed by atoms with Crippen LogP contribution in [-0.4, -0.2) is 27.2 Å². The number of carbonyl (C=O) groups is 1. The number of carbonyl (C=O) groups excluding carboxylic acids is 1. The molecule has 8 nitrogen and oxygen atoms in total. The number of hydrogen-bond donors (Lipinski definition) is 1. The standard InChI is InChI=1S/C21H22N4O4/c1-4-15(20(26)22-12-14-7-5-6-8-18(14)28-3)25-21(27)17-11-19-16(9-10-29-19)24(17)13(2)23-25/h5-11,15H,4,12H2,1-3H3,(H,22,26)/t15-/m1/s1. The van der Waals surface area contributed by atoms with Gasteiger partial charge in [-0.3, -0.25) is 14.0 Å². The Bertz CT molecular complexity index is 1250. The molecule has 0 aliphatic rings. The van der Waals surface area contributed by atoms with Crippen molar-refractivity contribution in [2.24, 2.45) is 0 Å². The molecule has 1 N–H and O–H groups in total. The van der Waals surface area contributed by atoms with Gasteiger partial charge in [0.15, 0.2) is 5.58 Å². The number of hydrogen-bond acceptors (Lipinski definition) is 5. The lowest BCUT2D eigenvalue weighted by molar-refractivity contribution is -0.125. The van der Waals surface area contributed by atoms with Crippen LogP contribution in [0.4, 0.5) is 0 Å². The molecule has 0 saturated carbocycles. The summed E-state index contributed by atoms with van der Waals surface area (Å²) in [6.45, 7) is 3.95. The molecule has 1 amide bonds. The number of nitrogens with zero attached hydrogens (tertiary/aromatic N) is 3. The van der Waals surface area contributed by atoms with Gasteiger partial charge < -0.3 is 14.5 Å². The van der Waals surface area contributed by atoms with E-state index in [-0.39, 0.29) is 11.5 Å². The van der Waals surface area contributed by atoms with Gasteiger partial charge in [0.25, 0.3) is 5.56 Å². The Balaban J connectivity index is 1.66. The number of furan rings is 1. The average molecular weight is 394 g/mol. The molecule has 1 atom stereocenters. The molecule has 29 heavy (non-hydrogen) atoms. The second-order valence-electron chi connectivity index (χ2n) is 6.79. The van der Waals surface area contributed by atoms with Crippen molar-refractivity contribution in [3.63, 3.8) is 0 Å². The minimum absolute atomic E-state index is 0.271. The summed E-state index contributed by atoms with van der Waals surface area (Å²) < 4.78 is 13.7. The van der Waals surface area contributed by atoms with Crippen molar-refractivity contribution in [3.8, 4) is 5.75 Å². The maximum absolute atomic E-state index is 13.1. The first-order valence-electron chi connectivity index (χ1n) is 9.42. The predicted molar refractivity (Wildman–Crippen MR) is 108 cm³/mol. The van der Waals surface area contributed by atoms with E-state index in [1.807, 2.05) is 31.2 Å². The lowest BCUT2D eigenvalue weighted by Crippen LogP contribution is -2.39. The van der Waals surface area contributed by atoms with E-state index in [1.54, 1.807) is 36.8 Å². The molecule has 3 aromatic heterocycles. The number of rotatable bonds is 6. The molecule has 0 unspecified atom stereocenters. The minimum atomic E-state index is -0.720. The molecule has 0 radical (unpaired) electrons. The monoisotopic (exact) mass is 394 g/mol. The highest BCUT2D eigenvalue weighted by atomic mass is 16.5. The Labute approximate surface area is 166 Å². The third kappa shape index (κ3) is 3.16. The molecule has 0 aliphatic heterocycles. The molecule has 0 bridgehead atoms. The summed E-state index contributed by atoms with van der Waals surface area (Å²) in [5, 5.41) is 7.32. The number of nitrogens with one attached hydrogen (secondary N) is 1. The number of aromatic nitrogens is 3. The lowest BCUT2D eigenvalue weighted by atomic mass is 10.1. The van der Waals surface area contributed by atoms with Gasteiger partial charge in [0.05, 0.1) is 18.9 Å². The maximum atomic E-state index is 13.1. The van der Waals surface area contributed by atoms with E-state index in [2.05, 4.69) is 10.4 Å². The van der Waals surface area contributed by atoms with Crippen LogP contribution in [0.25, 0.3) is 16.6 Å². The smallest absolute Gasteiger partial charge is 0.291 e. The highest BCUT2D eigenvalue weighted by molar-refractivity contribution is 5.83. The van der Waals surface area contributed by atoms with E-state index in [9.17, 15) is 9.59 Å². The number of amides is 1. The van der Waals surface area contributed by atoms with Crippen LogP contribution in [0.1, 0.15) is 30.8 Å². The topological polar surface area (TPSA) is 90.8 Å². The number of aryl methyl sites for hydroxylation is 1. The predicted octanol–water partition coefficient (Wildman–Crippen LogP) is 2.83. The lowest BCUT2D eigenvalue weighted by Gasteiger charge is -2.18. The second-order valence-corrected chi connectivity index (χ2v) is 6.79. The van der Waals surface area contributed by atoms with Crippen molar-refractivity contribution >= 4 is 22.5 Å². The van der Waals surface area contributed by atoms with Gasteiger partial charge in [-0.1, -0.05) is 25.1 Å². The zero-order valence-corrected chi connectivity index (χ0v) is 16.5. The Kier molecular flexibility index (Phi) is 4.84. The van der Waals surface area contributed by atoms with Gasteiger partial charge in [-0.25, -0.2) is 4.68 Å². The summed E-state index contributed by atoms with van der Waals surface area (Å²) in [5.41, 5.74) is 2.35. The third-order valence-electron chi connectivity index (χ3n) is 5.06. The summed E-state index contributed by atoms with van der Waals surface area (Å²) in [6.07, 6.45) is 2.00. The molecule has 8 heteroatoms. The largest absolute Gasteiger partial charge is 0.496 e. The van der Waals surface area contributed by atoms with E-state index in [1.165, 1.54) is 4.68 Å². The summed E-state index contributed by atoms with van der Waals surface area (Å²) >= 11 is 0. The van der Waals surface area contributed by atoms with Crippen LogP contribution >= 0.6 is 0 Å². The van der Waals surface area contributed by atoms with Gasteiger partial charge in [-0.15, -0.1) is 0 Å². The molecule has 0 fully saturated rings. The van der Waals surface area contributed by atoms with Crippen molar-refractivity contribution in [1.82, 2.24) is 19.5 Å². The van der Waals surface area contributed by atoms with E-state index in [4.69, 9.17) is 9.15 Å². The number of methoxy groups -OCH3 is 1. The van der Waals surface area contributed by atoms with Crippen LogP contribution in [0.2, 0.25) is 0 Å². The number of benzene rings is 1. The molecule has 1 aromatic carbocycles. The average Bonchev–Trinajstić information content (AvgIpc) is 3.32.